The molecule has 0 heterocycles. The largest absolute Gasteiger partial charge is 0.385 e. The van der Waals surface area contributed by atoms with Crippen LogP contribution in [0.25, 0.3) is 0 Å². The molecular weight excluding hydrogens is 330 g/mol. The van der Waals surface area contributed by atoms with Crippen molar-refractivity contribution in [2.24, 2.45) is 5.14 Å². The summed E-state index contributed by atoms with van der Waals surface area (Å²) in [4.78, 5) is 10.4. The van der Waals surface area contributed by atoms with Crippen LogP contribution < -0.4 is 10.5 Å². The van der Waals surface area contributed by atoms with Crippen LogP contribution in [-0.2, 0) is 16.4 Å². The van der Waals surface area contributed by atoms with Gasteiger partial charge in [0, 0.05) is 23.9 Å². The third-order valence-electron chi connectivity index (χ3n) is 3.57. The smallest absolute Gasteiger partial charge is 0.273 e. The SMILES string of the molecule is NS(=O)(=O)c1cccc([N+](=O)[O-])c1CCCCNc1ccccc1. The van der Waals surface area contributed by atoms with E-state index in [4.69, 9.17) is 5.14 Å². The lowest BCUT2D eigenvalue weighted by molar-refractivity contribution is -0.385. The number of hydrogen-bond donors (Lipinski definition) is 2. The average Bonchev–Trinajstić information content (AvgIpc) is 2.54. The third kappa shape index (κ3) is 4.77. The number of nitrogens with one attached hydrogen (secondary N) is 1. The molecule has 0 amide bonds. The molecule has 24 heavy (non-hydrogen) atoms. The first-order chi connectivity index (χ1) is 11.4. The van der Waals surface area contributed by atoms with E-state index in [0.29, 0.717) is 13.0 Å². The van der Waals surface area contributed by atoms with Gasteiger partial charge < -0.3 is 5.32 Å². The van der Waals surface area contributed by atoms with Gasteiger partial charge in [0.25, 0.3) is 5.69 Å². The van der Waals surface area contributed by atoms with Gasteiger partial charge in [0.1, 0.15) is 0 Å². The fourth-order valence-corrected chi connectivity index (χ4v) is 3.28. The van der Waals surface area contributed by atoms with Crippen LogP contribution in [0.5, 0.6) is 0 Å². The van der Waals surface area contributed by atoms with Crippen molar-refractivity contribution in [3.8, 4) is 0 Å². The van der Waals surface area contributed by atoms with E-state index in [1.807, 2.05) is 30.3 Å². The van der Waals surface area contributed by atoms with Crippen LogP contribution >= 0.6 is 0 Å². The summed E-state index contributed by atoms with van der Waals surface area (Å²) in [5, 5.41) is 19.5. The maximum atomic E-state index is 11.6. The zero-order valence-electron chi connectivity index (χ0n) is 13.0. The van der Waals surface area contributed by atoms with E-state index in [1.54, 1.807) is 0 Å². The predicted octanol–water partition coefficient (Wildman–Crippen LogP) is 2.68. The number of unbranched alkanes of at least 4 members (excludes halogenated alkanes) is 1. The van der Waals surface area contributed by atoms with Gasteiger partial charge in [-0.3, -0.25) is 10.1 Å². The Morgan fingerprint density at radius 1 is 1.04 bits per heavy atom. The van der Waals surface area contributed by atoms with Gasteiger partial charge in [-0.05, 0) is 37.5 Å². The lowest BCUT2D eigenvalue weighted by atomic mass is 10.1. The molecular formula is C16H19N3O4S. The molecule has 7 nitrogen and oxygen atoms in total. The number of rotatable bonds is 8. The van der Waals surface area contributed by atoms with Crippen molar-refractivity contribution in [1.82, 2.24) is 0 Å². The number of hydrogen-bond acceptors (Lipinski definition) is 5. The second-order valence-electron chi connectivity index (χ2n) is 5.31. The number of nitro groups is 1. The highest BCUT2D eigenvalue weighted by Gasteiger charge is 2.22. The summed E-state index contributed by atoms with van der Waals surface area (Å²) >= 11 is 0. The van der Waals surface area contributed by atoms with Crippen LogP contribution in [0.2, 0.25) is 0 Å². The summed E-state index contributed by atoms with van der Waals surface area (Å²) in [6.07, 6.45) is 1.62. The van der Waals surface area contributed by atoms with E-state index >= 15 is 0 Å². The van der Waals surface area contributed by atoms with Gasteiger partial charge in [0.15, 0.2) is 0 Å². The molecule has 8 heteroatoms. The number of anilines is 1. The van der Waals surface area contributed by atoms with E-state index in [-0.39, 0.29) is 22.6 Å². The van der Waals surface area contributed by atoms with E-state index in [0.717, 1.165) is 12.1 Å². The summed E-state index contributed by atoms with van der Waals surface area (Å²) in [6, 6.07) is 13.6. The van der Waals surface area contributed by atoms with E-state index in [2.05, 4.69) is 5.32 Å². The van der Waals surface area contributed by atoms with Gasteiger partial charge in [-0.25, -0.2) is 13.6 Å². The Balaban J connectivity index is 2.02. The van der Waals surface area contributed by atoms with Gasteiger partial charge in [-0.15, -0.1) is 0 Å². The summed E-state index contributed by atoms with van der Waals surface area (Å²) in [5.74, 6) is 0. The molecule has 0 saturated heterocycles. The standard InChI is InChI=1S/C16H19N3O4S/c17-24(22,23)16-11-6-10-15(19(20)21)14(16)9-4-5-12-18-13-7-2-1-3-8-13/h1-3,6-8,10-11,18H,4-5,9,12H2,(H2,17,22,23). The molecule has 2 rings (SSSR count). The zero-order chi connectivity index (χ0) is 17.6. The van der Waals surface area contributed by atoms with Crippen molar-refractivity contribution in [2.45, 2.75) is 24.2 Å². The van der Waals surface area contributed by atoms with Crippen molar-refractivity contribution in [2.75, 3.05) is 11.9 Å². The van der Waals surface area contributed by atoms with Gasteiger partial charge in [-0.1, -0.05) is 24.3 Å². The normalized spacial score (nSPS) is 11.2. The molecule has 0 atom stereocenters. The van der Waals surface area contributed by atoms with Gasteiger partial charge in [0.05, 0.1) is 9.82 Å². The Morgan fingerprint density at radius 2 is 1.75 bits per heavy atom. The molecule has 0 saturated carbocycles. The van der Waals surface area contributed by atoms with Gasteiger partial charge >= 0.3 is 0 Å². The molecule has 0 aliphatic carbocycles. The second-order valence-corrected chi connectivity index (χ2v) is 6.84. The highest BCUT2D eigenvalue weighted by atomic mass is 32.2. The summed E-state index contributed by atoms with van der Waals surface area (Å²) in [6.45, 7) is 0.690. The van der Waals surface area contributed by atoms with Crippen molar-refractivity contribution in [1.29, 1.82) is 0 Å². The molecule has 0 bridgehead atoms. The fraction of sp³-hybridized carbons (Fsp3) is 0.250. The first-order valence-electron chi connectivity index (χ1n) is 7.47. The molecule has 0 unspecified atom stereocenters. The van der Waals surface area contributed by atoms with Crippen molar-refractivity contribution < 1.29 is 13.3 Å². The maximum absolute atomic E-state index is 11.6. The predicted molar refractivity (Wildman–Crippen MR) is 92.3 cm³/mol. The van der Waals surface area contributed by atoms with E-state index in [1.165, 1.54) is 18.2 Å². The number of para-hydroxylation sites is 1. The van der Waals surface area contributed by atoms with Crippen LogP contribution in [-0.4, -0.2) is 19.9 Å². The number of primary sulfonamides is 1. The van der Waals surface area contributed by atoms with Crippen molar-refractivity contribution in [3.05, 3.63) is 64.2 Å². The molecule has 0 spiro atoms. The number of nitro benzene ring substituents is 1. The Labute approximate surface area is 140 Å². The first-order valence-corrected chi connectivity index (χ1v) is 9.02. The lowest BCUT2D eigenvalue weighted by Gasteiger charge is -2.09. The van der Waals surface area contributed by atoms with E-state index in [9.17, 15) is 18.5 Å². The fourth-order valence-electron chi connectivity index (χ4n) is 2.46. The Kier molecular flexibility index (Phi) is 5.88. The topological polar surface area (TPSA) is 115 Å². The number of nitrogens with zero attached hydrogens (tertiary/aromatic N) is 1. The van der Waals surface area contributed by atoms with Crippen LogP contribution in [0.3, 0.4) is 0 Å². The summed E-state index contributed by atoms with van der Waals surface area (Å²) in [7, 11) is -4.00. The van der Waals surface area contributed by atoms with E-state index < -0.39 is 14.9 Å². The first kappa shape index (κ1) is 17.9. The van der Waals surface area contributed by atoms with Crippen molar-refractivity contribution >= 4 is 21.4 Å². The second kappa shape index (κ2) is 7.89. The maximum Gasteiger partial charge on any atom is 0.273 e. The monoisotopic (exact) mass is 349 g/mol. The van der Waals surface area contributed by atoms with Crippen LogP contribution in [0.15, 0.2) is 53.4 Å². The Morgan fingerprint density at radius 3 is 2.38 bits per heavy atom. The lowest BCUT2D eigenvalue weighted by Crippen LogP contribution is -2.15. The molecule has 0 aliphatic rings. The molecule has 2 aromatic carbocycles. The number of sulfonamides is 1. The van der Waals surface area contributed by atoms with Crippen LogP contribution in [0.1, 0.15) is 18.4 Å². The zero-order valence-corrected chi connectivity index (χ0v) is 13.8. The Bertz CT molecular complexity index is 807. The molecule has 2 aromatic rings. The minimum atomic E-state index is -4.00. The molecule has 128 valence electrons. The van der Waals surface area contributed by atoms with Gasteiger partial charge in [-0.2, -0.15) is 0 Å². The molecule has 0 aromatic heterocycles. The highest BCUT2D eigenvalue weighted by molar-refractivity contribution is 7.89. The Hall–Kier alpha value is -2.45. The molecule has 0 aliphatic heterocycles. The molecule has 0 fully saturated rings. The molecule has 0 radical (unpaired) electrons. The summed E-state index contributed by atoms with van der Waals surface area (Å²) < 4.78 is 23.3. The highest BCUT2D eigenvalue weighted by Crippen LogP contribution is 2.26. The minimum Gasteiger partial charge on any atom is -0.385 e. The third-order valence-corrected chi connectivity index (χ3v) is 4.56. The van der Waals surface area contributed by atoms with Gasteiger partial charge in [0.2, 0.25) is 10.0 Å². The number of nitrogens with two attached hydrogens (primary N) is 1. The summed E-state index contributed by atoms with van der Waals surface area (Å²) in [5.41, 5.74) is 0.954. The quantitative estimate of drug-likeness (QED) is 0.432. The number of benzene rings is 2. The molecule has 3 N–H and O–H groups in total. The minimum absolute atomic E-state index is 0.171. The van der Waals surface area contributed by atoms with Crippen LogP contribution in [0, 0.1) is 10.1 Å². The van der Waals surface area contributed by atoms with Crippen molar-refractivity contribution in [3.63, 3.8) is 0 Å². The average molecular weight is 349 g/mol. The van der Waals surface area contributed by atoms with Crippen LogP contribution in [0.4, 0.5) is 11.4 Å².